The Kier molecular flexibility index (Phi) is 7.79. The molecule has 0 bridgehead atoms. The first kappa shape index (κ1) is 17.7. The van der Waals surface area contributed by atoms with Crippen molar-refractivity contribution in [2.45, 2.75) is 27.4 Å². The van der Waals surface area contributed by atoms with Crippen molar-refractivity contribution in [3.63, 3.8) is 0 Å². The third-order valence-electron chi connectivity index (χ3n) is 3.02. The Labute approximate surface area is 145 Å². The molecule has 0 saturated heterocycles. The normalized spacial score (nSPS) is 10.6. The van der Waals surface area contributed by atoms with Crippen molar-refractivity contribution in [1.29, 1.82) is 0 Å². The summed E-state index contributed by atoms with van der Waals surface area (Å²) < 4.78 is 11.2. The van der Waals surface area contributed by atoms with E-state index in [-0.39, 0.29) is 38.6 Å². The fourth-order valence-corrected chi connectivity index (χ4v) is 2.60. The van der Waals surface area contributed by atoms with Gasteiger partial charge in [0.2, 0.25) is 9.03 Å². The van der Waals surface area contributed by atoms with Crippen molar-refractivity contribution in [2.75, 3.05) is 0 Å². The average molecular weight is 297 g/mol. The number of para-hydroxylation sites is 1. The summed E-state index contributed by atoms with van der Waals surface area (Å²) in [7, 11) is 0.0252. The van der Waals surface area contributed by atoms with Gasteiger partial charge in [0.1, 0.15) is 5.75 Å². The summed E-state index contributed by atoms with van der Waals surface area (Å²) in [6.45, 7) is 6.97. The second kappa shape index (κ2) is 8.81. The number of hydrogen-bond acceptors (Lipinski definition) is 2. The van der Waals surface area contributed by atoms with Gasteiger partial charge in [-0.1, -0.05) is 35.9 Å². The smallest absolute Gasteiger partial charge is 0.215 e. The Bertz CT molecular complexity index is 520. The molecular weight excluding hydrogens is 278 g/mol. The summed E-state index contributed by atoms with van der Waals surface area (Å²) in [4.78, 5) is 0. The molecule has 0 aliphatic heterocycles. The van der Waals surface area contributed by atoms with Gasteiger partial charge < -0.3 is 9.05 Å². The van der Waals surface area contributed by atoms with Gasteiger partial charge in [-0.3, -0.25) is 0 Å². The Morgan fingerprint density at radius 2 is 1.55 bits per heavy atom. The van der Waals surface area contributed by atoms with E-state index in [2.05, 4.69) is 32.9 Å². The van der Waals surface area contributed by atoms with Gasteiger partial charge in [0.25, 0.3) is 0 Å². The van der Waals surface area contributed by atoms with Crippen LogP contribution in [0.3, 0.4) is 0 Å². The van der Waals surface area contributed by atoms with E-state index in [1.54, 1.807) is 0 Å². The summed E-state index contributed by atoms with van der Waals surface area (Å²) in [6, 6.07) is 14.1. The van der Waals surface area contributed by atoms with E-state index >= 15 is 0 Å². The fourth-order valence-electron chi connectivity index (χ4n) is 2.11. The van der Waals surface area contributed by atoms with Gasteiger partial charge in [-0.05, 0) is 49.6 Å². The SMILES string of the molecule is Cc1cc(C)c(COPOc2ccccc2)c(C)c1.[Na]. The van der Waals surface area contributed by atoms with Crippen molar-refractivity contribution in [1.82, 2.24) is 0 Å². The Hall–Kier alpha value is -0.370. The van der Waals surface area contributed by atoms with Crippen LogP contribution in [0.5, 0.6) is 5.75 Å². The number of aryl methyl sites for hydroxylation is 3. The molecule has 2 nitrogen and oxygen atoms in total. The van der Waals surface area contributed by atoms with Crippen LogP contribution in [0.2, 0.25) is 0 Å². The third kappa shape index (κ3) is 5.20. The van der Waals surface area contributed by atoms with Gasteiger partial charge in [0.05, 0.1) is 6.61 Å². The van der Waals surface area contributed by atoms with Crippen LogP contribution in [-0.2, 0) is 11.1 Å². The second-order valence-electron chi connectivity index (χ2n) is 4.66. The zero-order valence-electron chi connectivity index (χ0n) is 12.6. The van der Waals surface area contributed by atoms with Crippen LogP contribution < -0.4 is 4.52 Å². The zero-order chi connectivity index (χ0) is 13.7. The first-order chi connectivity index (χ1) is 9.16. The monoisotopic (exact) mass is 297 g/mol. The van der Waals surface area contributed by atoms with Crippen LogP contribution in [0.4, 0.5) is 0 Å². The standard InChI is InChI=1S/C16H19O2P.Na/c1-12-9-13(2)16(14(3)10-12)11-17-19-18-15-7-5-4-6-8-15;/h4-10,19H,11H2,1-3H3;. The maximum Gasteiger partial charge on any atom is 0.215 e. The molecule has 0 aliphatic carbocycles. The molecule has 0 spiro atoms. The predicted octanol–water partition coefficient (Wildman–Crippen LogP) is 4.34. The van der Waals surface area contributed by atoms with Crippen molar-refractivity contribution < 1.29 is 9.05 Å². The van der Waals surface area contributed by atoms with Gasteiger partial charge in [0, 0.05) is 29.6 Å². The molecule has 1 radical (unpaired) electrons. The molecule has 0 aliphatic rings. The summed E-state index contributed by atoms with van der Waals surface area (Å²) in [5.74, 6) is 0.846. The first-order valence-corrected chi connectivity index (χ1v) is 7.14. The largest absolute Gasteiger partial charge is 0.450 e. The summed E-state index contributed by atoms with van der Waals surface area (Å²) in [5.41, 5.74) is 5.11. The molecule has 1 unspecified atom stereocenters. The Balaban J connectivity index is 0.00000200. The Morgan fingerprint density at radius 3 is 2.15 bits per heavy atom. The molecular formula is C16H19NaO2P. The van der Waals surface area contributed by atoms with Gasteiger partial charge >= 0.3 is 0 Å². The van der Waals surface area contributed by atoms with Gasteiger partial charge in [0.15, 0.2) is 0 Å². The molecule has 0 saturated carbocycles. The number of rotatable bonds is 5. The van der Waals surface area contributed by atoms with E-state index in [1.807, 2.05) is 30.3 Å². The first-order valence-electron chi connectivity index (χ1n) is 6.32. The minimum Gasteiger partial charge on any atom is -0.450 e. The number of benzene rings is 2. The minimum absolute atomic E-state index is 0. The molecule has 4 heteroatoms. The summed E-state index contributed by atoms with van der Waals surface area (Å²) in [5, 5.41) is 0. The quantitative estimate of drug-likeness (QED) is 0.464. The Morgan fingerprint density at radius 1 is 0.950 bits per heavy atom. The van der Waals surface area contributed by atoms with Crippen LogP contribution in [0, 0.1) is 20.8 Å². The van der Waals surface area contributed by atoms with E-state index < -0.39 is 0 Å². The molecule has 0 N–H and O–H groups in total. The number of hydrogen-bond donors (Lipinski definition) is 0. The van der Waals surface area contributed by atoms with E-state index in [4.69, 9.17) is 9.05 Å². The molecule has 0 fully saturated rings. The van der Waals surface area contributed by atoms with E-state index in [9.17, 15) is 0 Å². The van der Waals surface area contributed by atoms with Gasteiger partial charge in [-0.2, -0.15) is 0 Å². The molecule has 0 aromatic heterocycles. The van der Waals surface area contributed by atoms with E-state index in [1.165, 1.54) is 22.3 Å². The van der Waals surface area contributed by atoms with Crippen molar-refractivity contribution in [3.8, 4) is 5.75 Å². The molecule has 0 amide bonds. The maximum atomic E-state index is 5.63. The van der Waals surface area contributed by atoms with E-state index in [0.29, 0.717) is 6.61 Å². The van der Waals surface area contributed by atoms with Crippen LogP contribution in [0.25, 0.3) is 0 Å². The molecule has 20 heavy (non-hydrogen) atoms. The summed E-state index contributed by atoms with van der Waals surface area (Å²) in [6.07, 6.45) is 0. The fraction of sp³-hybridized carbons (Fsp3) is 0.250. The molecule has 1 atom stereocenters. The summed E-state index contributed by atoms with van der Waals surface area (Å²) >= 11 is 0. The molecule has 2 aromatic carbocycles. The molecule has 0 heterocycles. The average Bonchev–Trinajstić information content (AvgIpc) is 2.38. The van der Waals surface area contributed by atoms with Crippen molar-refractivity contribution in [3.05, 3.63) is 64.7 Å². The van der Waals surface area contributed by atoms with Crippen LogP contribution >= 0.6 is 9.03 Å². The molecule has 101 valence electrons. The third-order valence-corrected chi connectivity index (χ3v) is 3.60. The minimum atomic E-state index is 0. The van der Waals surface area contributed by atoms with Gasteiger partial charge in [-0.15, -0.1) is 0 Å². The van der Waals surface area contributed by atoms with E-state index in [0.717, 1.165) is 5.75 Å². The zero-order valence-corrected chi connectivity index (χ0v) is 15.6. The van der Waals surface area contributed by atoms with Crippen LogP contribution in [-0.4, -0.2) is 29.6 Å². The van der Waals surface area contributed by atoms with Crippen molar-refractivity contribution in [2.24, 2.45) is 0 Å². The second-order valence-corrected chi connectivity index (χ2v) is 5.32. The maximum absolute atomic E-state index is 5.63. The van der Waals surface area contributed by atoms with Gasteiger partial charge in [-0.25, -0.2) is 0 Å². The van der Waals surface area contributed by atoms with Crippen LogP contribution in [0.15, 0.2) is 42.5 Å². The topological polar surface area (TPSA) is 18.5 Å². The molecule has 2 rings (SSSR count). The van der Waals surface area contributed by atoms with Crippen molar-refractivity contribution >= 4 is 38.6 Å². The molecule has 2 aromatic rings. The predicted molar refractivity (Wildman–Crippen MR) is 86.6 cm³/mol. The van der Waals surface area contributed by atoms with Crippen LogP contribution in [0.1, 0.15) is 22.3 Å².